The number of rotatable bonds is 5. The predicted octanol–water partition coefficient (Wildman–Crippen LogP) is 3.67. The zero-order valence-corrected chi connectivity index (χ0v) is 18.5. The van der Waals surface area contributed by atoms with E-state index in [0.717, 1.165) is 10.4 Å². The van der Waals surface area contributed by atoms with Gasteiger partial charge in [-0.05, 0) is 21.8 Å². The van der Waals surface area contributed by atoms with Crippen LogP contribution in [0.4, 0.5) is 4.39 Å². The van der Waals surface area contributed by atoms with Gasteiger partial charge in [0, 0.05) is 12.8 Å². The van der Waals surface area contributed by atoms with Gasteiger partial charge in [0.05, 0.1) is 20.1 Å². The lowest BCUT2D eigenvalue weighted by molar-refractivity contribution is -0.130. The van der Waals surface area contributed by atoms with E-state index < -0.39 is 20.0 Å². The summed E-state index contributed by atoms with van der Waals surface area (Å²) in [6.45, 7) is 6.71. The highest BCUT2D eigenvalue weighted by Gasteiger charge is 2.56. The molecule has 0 aliphatic carbocycles. The zero-order valence-electron chi connectivity index (χ0n) is 18.5. The van der Waals surface area contributed by atoms with E-state index in [1.165, 1.54) is 0 Å². The van der Waals surface area contributed by atoms with Crippen molar-refractivity contribution < 1.29 is 15.0 Å². The summed E-state index contributed by atoms with van der Waals surface area (Å²) in [5.41, 5.74) is -0.722. The number of carbonyl (C=O) groups excluding carboxylic acids is 1. The lowest BCUT2D eigenvalue weighted by Crippen LogP contribution is -2.68. The minimum absolute atomic E-state index is 0.0178. The van der Waals surface area contributed by atoms with E-state index in [-0.39, 0.29) is 30.5 Å². The summed E-state index contributed by atoms with van der Waals surface area (Å²) in [6.07, 6.45) is -1.14. The van der Waals surface area contributed by atoms with Crippen LogP contribution in [0.5, 0.6) is 0 Å². The van der Waals surface area contributed by atoms with Crippen molar-refractivity contribution in [3.05, 3.63) is 60.7 Å². The second kappa shape index (κ2) is 7.37. The van der Waals surface area contributed by atoms with Crippen molar-refractivity contribution in [2.45, 2.75) is 56.8 Å². The minimum atomic E-state index is -2.77. The van der Waals surface area contributed by atoms with Gasteiger partial charge in [-0.1, -0.05) is 81.4 Å². The molecule has 2 heterocycles. The van der Waals surface area contributed by atoms with Gasteiger partial charge in [-0.3, -0.25) is 4.79 Å². The molecular weight excluding hydrogens is 381 g/mol. The van der Waals surface area contributed by atoms with Gasteiger partial charge >= 0.3 is 0 Å². The first kappa shape index (κ1) is 19.0. The molecule has 1 amide bonds. The van der Waals surface area contributed by atoms with Crippen molar-refractivity contribution in [1.82, 2.24) is 4.90 Å². The number of amides is 1. The maximum atomic E-state index is 14.7. The Labute approximate surface area is 175 Å². The van der Waals surface area contributed by atoms with Gasteiger partial charge < -0.3 is 9.33 Å². The summed E-state index contributed by atoms with van der Waals surface area (Å²) in [6, 6.07) is 20.6. The topological polar surface area (TPSA) is 29.5 Å². The molecule has 0 aromatic heterocycles. The molecule has 0 bridgehead atoms. The smallest absolute Gasteiger partial charge is 0.261 e. The lowest BCUT2D eigenvalue weighted by Gasteiger charge is -2.45. The van der Waals surface area contributed by atoms with Crippen LogP contribution in [0.15, 0.2) is 60.7 Å². The summed E-state index contributed by atoms with van der Waals surface area (Å²) < 4.78 is 29.7. The molecule has 0 spiro atoms. The van der Waals surface area contributed by atoms with Crippen molar-refractivity contribution in [2.24, 2.45) is 0 Å². The maximum Gasteiger partial charge on any atom is 0.261 e. The number of carbonyl (C=O) groups is 1. The van der Waals surface area contributed by atoms with Crippen LogP contribution in [0.2, 0.25) is 5.04 Å². The molecule has 2 aromatic rings. The molecule has 0 unspecified atom stereocenters. The molecule has 29 heavy (non-hydrogen) atoms. The van der Waals surface area contributed by atoms with Crippen LogP contribution in [0.1, 0.15) is 41.4 Å². The van der Waals surface area contributed by atoms with Crippen LogP contribution in [-0.2, 0) is 9.22 Å². The first-order valence-electron chi connectivity index (χ1n) is 10.8. The van der Waals surface area contributed by atoms with Crippen molar-refractivity contribution in [2.75, 3.05) is 13.2 Å². The Morgan fingerprint density at radius 2 is 1.69 bits per heavy atom. The molecule has 2 atom stereocenters. The van der Waals surface area contributed by atoms with E-state index in [2.05, 4.69) is 45.0 Å². The average molecular weight is 413 g/mol. The van der Waals surface area contributed by atoms with Gasteiger partial charge in [-0.2, -0.15) is 0 Å². The van der Waals surface area contributed by atoms with Crippen molar-refractivity contribution in [1.29, 1.82) is 0 Å². The Balaban J connectivity index is 1.79. The molecule has 2 fully saturated rings. The monoisotopic (exact) mass is 412 g/mol. The van der Waals surface area contributed by atoms with Gasteiger partial charge in [-0.15, -0.1) is 0 Å². The molecule has 2 aliphatic rings. The number of hydrogen-bond donors (Lipinski definition) is 0. The van der Waals surface area contributed by atoms with Crippen LogP contribution in [0.3, 0.4) is 0 Å². The molecule has 0 radical (unpaired) electrons. The van der Waals surface area contributed by atoms with Crippen LogP contribution in [0, 0.1) is 0 Å². The number of nitrogens with zero attached hydrogens (tertiary/aromatic N) is 1. The van der Waals surface area contributed by atoms with Crippen LogP contribution >= 0.6 is 0 Å². The minimum Gasteiger partial charge on any atom is -0.405 e. The number of halogens is 1. The third-order valence-electron chi connectivity index (χ3n) is 6.50. The quantitative estimate of drug-likeness (QED) is 0.702. The molecule has 5 heteroatoms. The fourth-order valence-electron chi connectivity index (χ4n) is 5.10. The third kappa shape index (κ3) is 3.34. The molecule has 2 aromatic carbocycles. The van der Waals surface area contributed by atoms with Crippen LogP contribution in [0.25, 0.3) is 0 Å². The Kier molecular flexibility index (Phi) is 4.83. The standard InChI is InChI=1S/C24H30FNO2Si/c1-23(2,3)29(20-10-6-4-7-11-20,21-12-8-5-9-13-21)28-18-24-15-14-22(27)26(24)17-19(25)16-24/h4-13,19H,14-18H2,1-3H3/t19-,24+/m0/s1/i19D. The summed E-state index contributed by atoms with van der Waals surface area (Å²) in [4.78, 5) is 14.0. The predicted molar refractivity (Wildman–Crippen MR) is 117 cm³/mol. The molecule has 0 N–H and O–H groups in total. The lowest BCUT2D eigenvalue weighted by atomic mass is 9.95. The Morgan fingerprint density at radius 1 is 1.14 bits per heavy atom. The highest BCUT2D eigenvalue weighted by Crippen LogP contribution is 2.43. The zero-order chi connectivity index (χ0) is 21.6. The van der Waals surface area contributed by atoms with E-state index >= 15 is 0 Å². The number of hydrogen-bond acceptors (Lipinski definition) is 2. The second-order valence-corrected chi connectivity index (χ2v) is 13.7. The summed E-state index contributed by atoms with van der Waals surface area (Å²) >= 11 is 0. The van der Waals surface area contributed by atoms with E-state index in [0.29, 0.717) is 12.8 Å². The van der Waals surface area contributed by atoms with Crippen molar-refractivity contribution in [3.8, 4) is 0 Å². The van der Waals surface area contributed by atoms with Crippen LogP contribution in [-0.4, -0.2) is 44.0 Å². The third-order valence-corrected chi connectivity index (χ3v) is 11.5. The highest BCUT2D eigenvalue weighted by molar-refractivity contribution is 6.99. The van der Waals surface area contributed by atoms with Crippen LogP contribution < -0.4 is 10.4 Å². The molecule has 2 saturated heterocycles. The maximum absolute atomic E-state index is 14.7. The second-order valence-electron chi connectivity index (χ2n) is 9.35. The average Bonchev–Trinajstić information content (AvgIpc) is 3.14. The first-order valence-corrected chi connectivity index (χ1v) is 12.3. The molecule has 154 valence electrons. The number of fused-ring (bicyclic) bond motifs is 1. The normalized spacial score (nSPS) is 27.8. The van der Waals surface area contributed by atoms with Crippen molar-refractivity contribution >= 4 is 24.6 Å². The largest absolute Gasteiger partial charge is 0.405 e. The first-order chi connectivity index (χ1) is 14.1. The fraction of sp³-hybridized carbons (Fsp3) is 0.458. The Hall–Kier alpha value is -1.98. The molecule has 4 rings (SSSR count). The number of alkyl halides is 1. The molecule has 3 nitrogen and oxygen atoms in total. The Morgan fingerprint density at radius 3 is 2.21 bits per heavy atom. The van der Waals surface area contributed by atoms with Gasteiger partial charge in [-0.25, -0.2) is 4.39 Å². The highest BCUT2D eigenvalue weighted by atomic mass is 28.4. The van der Waals surface area contributed by atoms with E-state index in [1.807, 2.05) is 36.4 Å². The molecular formula is C24H30FNO2Si. The van der Waals surface area contributed by atoms with Gasteiger partial charge in [0.2, 0.25) is 5.91 Å². The number of benzene rings is 2. The van der Waals surface area contributed by atoms with Gasteiger partial charge in [0.15, 0.2) is 0 Å². The summed E-state index contributed by atoms with van der Waals surface area (Å²) in [7, 11) is -2.77. The Bertz CT molecular complexity index is 876. The van der Waals surface area contributed by atoms with E-state index in [4.69, 9.17) is 5.80 Å². The summed E-state index contributed by atoms with van der Waals surface area (Å²) in [5, 5.41) is 2.13. The van der Waals surface area contributed by atoms with Crippen molar-refractivity contribution in [3.63, 3.8) is 0 Å². The fourth-order valence-corrected chi connectivity index (χ4v) is 9.74. The van der Waals surface area contributed by atoms with Gasteiger partial charge in [0.1, 0.15) is 6.15 Å². The molecule has 0 saturated carbocycles. The van der Waals surface area contributed by atoms with E-state index in [1.54, 1.807) is 4.90 Å². The molecule has 2 aliphatic heterocycles. The summed E-state index contributed by atoms with van der Waals surface area (Å²) in [5.74, 6) is -0.0622. The SMILES string of the molecule is [2H][C@@]1(F)CN2C(=O)CC[C@]2(CO[Si](c2ccccc2)(c2ccccc2)C(C)(C)C)C1. The van der Waals surface area contributed by atoms with Gasteiger partial charge in [0.25, 0.3) is 8.32 Å². The van der Waals surface area contributed by atoms with E-state index in [9.17, 15) is 9.18 Å².